The fourth-order valence-electron chi connectivity index (χ4n) is 1.78. The van der Waals surface area contributed by atoms with Gasteiger partial charge in [-0.3, -0.25) is 4.79 Å². The second kappa shape index (κ2) is 4.39. The maximum absolute atomic E-state index is 11.6. The molecule has 0 aliphatic carbocycles. The molecule has 1 aliphatic heterocycles. The highest BCUT2D eigenvalue weighted by atomic mass is 35.5. The molecule has 2 rings (SSSR count). The van der Waals surface area contributed by atoms with Gasteiger partial charge in [0.15, 0.2) is 0 Å². The lowest BCUT2D eigenvalue weighted by Crippen LogP contribution is -2.24. The number of carbonyl (C=O) groups is 1. The molecule has 1 fully saturated rings. The van der Waals surface area contributed by atoms with Crippen LogP contribution in [0.15, 0.2) is 18.2 Å². The van der Waals surface area contributed by atoms with E-state index in [1.807, 2.05) is 0 Å². The zero-order valence-electron chi connectivity index (χ0n) is 8.57. The number of rotatable bonds is 2. The molecule has 0 spiro atoms. The van der Waals surface area contributed by atoms with Gasteiger partial charge in [0.1, 0.15) is 4.99 Å². The molecule has 16 heavy (non-hydrogen) atoms. The first-order chi connectivity index (χ1) is 7.59. The summed E-state index contributed by atoms with van der Waals surface area (Å²) in [7, 11) is 0. The summed E-state index contributed by atoms with van der Waals surface area (Å²) >= 11 is 11.0. The molecule has 1 aliphatic rings. The van der Waals surface area contributed by atoms with Crippen LogP contribution >= 0.6 is 23.8 Å². The number of hydrogen-bond donors (Lipinski definition) is 1. The van der Waals surface area contributed by atoms with Crippen molar-refractivity contribution in [2.24, 2.45) is 5.73 Å². The highest BCUT2D eigenvalue weighted by Crippen LogP contribution is 2.30. The largest absolute Gasteiger partial charge is 0.389 e. The summed E-state index contributed by atoms with van der Waals surface area (Å²) in [4.78, 5) is 13.6. The maximum Gasteiger partial charge on any atom is 0.227 e. The van der Waals surface area contributed by atoms with Crippen LogP contribution < -0.4 is 10.6 Å². The Balaban J connectivity index is 2.36. The van der Waals surface area contributed by atoms with Crippen molar-refractivity contribution in [3.05, 3.63) is 28.8 Å². The van der Waals surface area contributed by atoms with E-state index in [-0.39, 0.29) is 5.91 Å². The molecule has 1 aromatic rings. The summed E-state index contributed by atoms with van der Waals surface area (Å²) < 4.78 is 0. The van der Waals surface area contributed by atoms with Crippen LogP contribution in [-0.4, -0.2) is 17.4 Å². The van der Waals surface area contributed by atoms with Crippen LogP contribution in [0.2, 0.25) is 5.02 Å². The molecule has 1 saturated heterocycles. The van der Waals surface area contributed by atoms with E-state index in [9.17, 15) is 4.79 Å². The minimum absolute atomic E-state index is 0.116. The highest BCUT2D eigenvalue weighted by Gasteiger charge is 2.23. The minimum atomic E-state index is 0.116. The zero-order valence-corrected chi connectivity index (χ0v) is 10.1. The van der Waals surface area contributed by atoms with Gasteiger partial charge in [0.25, 0.3) is 0 Å². The topological polar surface area (TPSA) is 46.3 Å². The lowest BCUT2D eigenvalue weighted by atomic mass is 10.2. The summed E-state index contributed by atoms with van der Waals surface area (Å²) in [6, 6.07) is 5.28. The van der Waals surface area contributed by atoms with Crippen molar-refractivity contribution >= 4 is 40.4 Å². The Morgan fingerprint density at radius 2 is 2.25 bits per heavy atom. The fourth-order valence-corrected chi connectivity index (χ4v) is 2.19. The van der Waals surface area contributed by atoms with Crippen molar-refractivity contribution in [1.29, 1.82) is 0 Å². The van der Waals surface area contributed by atoms with Gasteiger partial charge in [-0.05, 0) is 24.6 Å². The second-order valence-corrected chi connectivity index (χ2v) is 4.53. The van der Waals surface area contributed by atoms with E-state index in [4.69, 9.17) is 29.6 Å². The third kappa shape index (κ3) is 2.03. The number of halogens is 1. The molecular weight excluding hydrogens is 244 g/mol. The summed E-state index contributed by atoms with van der Waals surface area (Å²) in [5.74, 6) is 0.116. The Labute approximate surface area is 104 Å². The van der Waals surface area contributed by atoms with Crippen molar-refractivity contribution in [2.75, 3.05) is 11.4 Å². The molecular formula is C11H11ClN2OS. The van der Waals surface area contributed by atoms with E-state index < -0.39 is 0 Å². The van der Waals surface area contributed by atoms with Gasteiger partial charge in [-0.25, -0.2) is 0 Å². The quantitative estimate of drug-likeness (QED) is 0.823. The fraction of sp³-hybridized carbons (Fsp3) is 0.273. The molecule has 0 atom stereocenters. The normalized spacial score (nSPS) is 15.6. The molecule has 1 aromatic carbocycles. The lowest BCUT2D eigenvalue weighted by Gasteiger charge is -2.17. The van der Waals surface area contributed by atoms with E-state index in [1.54, 1.807) is 23.1 Å². The Hall–Kier alpha value is -1.13. The van der Waals surface area contributed by atoms with Gasteiger partial charge in [-0.1, -0.05) is 23.8 Å². The van der Waals surface area contributed by atoms with E-state index >= 15 is 0 Å². The average molecular weight is 255 g/mol. The number of benzene rings is 1. The van der Waals surface area contributed by atoms with Crippen LogP contribution in [0.5, 0.6) is 0 Å². The summed E-state index contributed by atoms with van der Waals surface area (Å²) in [6.07, 6.45) is 1.47. The van der Waals surface area contributed by atoms with E-state index in [0.717, 1.165) is 24.2 Å². The molecule has 1 heterocycles. The third-order valence-electron chi connectivity index (χ3n) is 2.60. The van der Waals surface area contributed by atoms with Crippen LogP contribution in [0.4, 0.5) is 5.69 Å². The van der Waals surface area contributed by atoms with Crippen molar-refractivity contribution in [3.63, 3.8) is 0 Å². The zero-order chi connectivity index (χ0) is 11.7. The number of hydrogen-bond acceptors (Lipinski definition) is 2. The van der Waals surface area contributed by atoms with Crippen molar-refractivity contribution < 1.29 is 4.79 Å². The molecule has 0 saturated carbocycles. The average Bonchev–Trinajstić information content (AvgIpc) is 2.64. The van der Waals surface area contributed by atoms with Gasteiger partial charge in [0.05, 0.1) is 10.7 Å². The Morgan fingerprint density at radius 1 is 1.50 bits per heavy atom. The monoisotopic (exact) mass is 254 g/mol. The third-order valence-corrected chi connectivity index (χ3v) is 3.13. The van der Waals surface area contributed by atoms with Crippen LogP contribution in [0, 0.1) is 0 Å². The van der Waals surface area contributed by atoms with E-state index in [1.165, 1.54) is 0 Å². The number of carbonyl (C=O) groups excluding carboxylic acids is 1. The van der Waals surface area contributed by atoms with Crippen molar-refractivity contribution in [2.45, 2.75) is 12.8 Å². The number of thiocarbonyl (C=S) groups is 1. The number of anilines is 1. The first-order valence-electron chi connectivity index (χ1n) is 4.99. The number of nitrogens with zero attached hydrogens (tertiary/aromatic N) is 1. The van der Waals surface area contributed by atoms with Gasteiger partial charge in [0, 0.05) is 18.5 Å². The molecule has 3 nitrogen and oxygen atoms in total. The van der Waals surface area contributed by atoms with Crippen LogP contribution in [0.25, 0.3) is 0 Å². The van der Waals surface area contributed by atoms with E-state index in [2.05, 4.69) is 0 Å². The van der Waals surface area contributed by atoms with Crippen LogP contribution in [-0.2, 0) is 4.79 Å². The Kier molecular flexibility index (Phi) is 3.12. The Bertz CT molecular complexity index is 461. The highest BCUT2D eigenvalue weighted by molar-refractivity contribution is 7.80. The van der Waals surface area contributed by atoms with Gasteiger partial charge >= 0.3 is 0 Å². The maximum atomic E-state index is 11.6. The summed E-state index contributed by atoms with van der Waals surface area (Å²) in [5.41, 5.74) is 6.96. The first kappa shape index (κ1) is 11.4. The molecule has 0 aromatic heterocycles. The molecule has 0 bridgehead atoms. The van der Waals surface area contributed by atoms with Gasteiger partial charge in [-0.2, -0.15) is 0 Å². The predicted molar refractivity (Wildman–Crippen MR) is 68.9 cm³/mol. The number of amides is 1. The Morgan fingerprint density at radius 3 is 2.75 bits per heavy atom. The van der Waals surface area contributed by atoms with Crippen LogP contribution in [0.1, 0.15) is 18.4 Å². The van der Waals surface area contributed by atoms with Crippen molar-refractivity contribution in [1.82, 2.24) is 0 Å². The lowest BCUT2D eigenvalue weighted by molar-refractivity contribution is -0.117. The predicted octanol–water partition coefficient (Wildman–Crippen LogP) is 2.10. The number of nitrogens with two attached hydrogens (primary N) is 1. The second-order valence-electron chi connectivity index (χ2n) is 3.68. The molecule has 0 radical (unpaired) electrons. The summed E-state index contributed by atoms with van der Waals surface area (Å²) in [5, 5.41) is 0.514. The van der Waals surface area contributed by atoms with Gasteiger partial charge in [0.2, 0.25) is 5.91 Å². The SMILES string of the molecule is NC(=S)c1ccc(N2CCCC2=O)c(Cl)c1. The van der Waals surface area contributed by atoms with Crippen molar-refractivity contribution in [3.8, 4) is 0 Å². The molecule has 0 unspecified atom stereocenters. The first-order valence-corrected chi connectivity index (χ1v) is 5.78. The molecule has 5 heteroatoms. The molecule has 84 valence electrons. The standard InChI is InChI=1S/C11H11ClN2OS/c12-8-6-7(11(13)16)3-4-9(8)14-5-1-2-10(14)15/h3-4,6H,1-2,5H2,(H2,13,16). The molecule has 2 N–H and O–H groups in total. The van der Waals surface area contributed by atoms with E-state index in [0.29, 0.717) is 16.4 Å². The summed E-state index contributed by atoms with van der Waals surface area (Å²) in [6.45, 7) is 0.727. The van der Waals surface area contributed by atoms with Crippen LogP contribution in [0.3, 0.4) is 0 Å². The van der Waals surface area contributed by atoms with Gasteiger partial charge in [-0.15, -0.1) is 0 Å². The smallest absolute Gasteiger partial charge is 0.227 e. The molecule has 1 amide bonds. The van der Waals surface area contributed by atoms with Gasteiger partial charge < -0.3 is 10.6 Å². The minimum Gasteiger partial charge on any atom is -0.389 e.